The zero-order valence-electron chi connectivity index (χ0n) is 9.51. The molecule has 3 rings (SSSR count). The SMILES string of the molecule is CC1=NO[C@@H](CNc2nc3ccccc3o2)C1. The van der Waals surface area contributed by atoms with Gasteiger partial charge in [0.25, 0.3) is 6.01 Å². The fourth-order valence-corrected chi connectivity index (χ4v) is 1.83. The van der Waals surface area contributed by atoms with Crippen LogP contribution in [0.4, 0.5) is 6.01 Å². The summed E-state index contributed by atoms with van der Waals surface area (Å²) in [5.41, 5.74) is 2.67. The van der Waals surface area contributed by atoms with Crippen molar-refractivity contribution in [2.75, 3.05) is 11.9 Å². The third kappa shape index (κ3) is 2.08. The lowest BCUT2D eigenvalue weighted by Gasteiger charge is -2.07. The van der Waals surface area contributed by atoms with E-state index in [1.54, 1.807) is 0 Å². The van der Waals surface area contributed by atoms with Gasteiger partial charge in [-0.15, -0.1) is 0 Å². The molecule has 1 aliphatic heterocycles. The number of para-hydroxylation sites is 2. The first kappa shape index (κ1) is 10.1. The number of aromatic nitrogens is 1. The number of hydrogen-bond acceptors (Lipinski definition) is 5. The topological polar surface area (TPSA) is 59.6 Å². The Kier molecular flexibility index (Phi) is 2.44. The lowest BCUT2D eigenvalue weighted by molar-refractivity contribution is 0.0945. The Morgan fingerprint density at radius 2 is 2.29 bits per heavy atom. The quantitative estimate of drug-likeness (QED) is 0.881. The average Bonchev–Trinajstić information content (AvgIpc) is 2.91. The molecule has 5 nitrogen and oxygen atoms in total. The number of nitrogens with one attached hydrogen (secondary N) is 1. The van der Waals surface area contributed by atoms with Gasteiger partial charge < -0.3 is 14.6 Å². The number of oxazole rings is 1. The van der Waals surface area contributed by atoms with Crippen LogP contribution in [0.2, 0.25) is 0 Å². The fourth-order valence-electron chi connectivity index (χ4n) is 1.83. The molecule has 2 aromatic rings. The van der Waals surface area contributed by atoms with Gasteiger partial charge in [-0.2, -0.15) is 4.98 Å². The summed E-state index contributed by atoms with van der Waals surface area (Å²) in [6, 6.07) is 8.20. The fraction of sp³-hybridized carbons (Fsp3) is 0.333. The highest BCUT2D eigenvalue weighted by Gasteiger charge is 2.18. The van der Waals surface area contributed by atoms with Crippen LogP contribution < -0.4 is 5.32 Å². The van der Waals surface area contributed by atoms with E-state index in [2.05, 4.69) is 15.5 Å². The second-order valence-corrected chi connectivity index (χ2v) is 4.13. The first-order valence-electron chi connectivity index (χ1n) is 5.60. The van der Waals surface area contributed by atoms with Crippen LogP contribution in [-0.2, 0) is 4.84 Å². The molecule has 0 saturated carbocycles. The molecular formula is C12H13N3O2. The van der Waals surface area contributed by atoms with E-state index in [9.17, 15) is 0 Å². The Morgan fingerprint density at radius 1 is 1.41 bits per heavy atom. The van der Waals surface area contributed by atoms with Crippen molar-refractivity contribution >= 4 is 22.8 Å². The van der Waals surface area contributed by atoms with Gasteiger partial charge in [-0.1, -0.05) is 17.3 Å². The Labute approximate surface area is 98.5 Å². The van der Waals surface area contributed by atoms with Crippen LogP contribution in [0, 0.1) is 0 Å². The minimum Gasteiger partial charge on any atom is -0.424 e. The molecule has 0 unspecified atom stereocenters. The van der Waals surface area contributed by atoms with E-state index in [4.69, 9.17) is 9.25 Å². The standard InChI is InChI=1S/C12H13N3O2/c1-8-6-9(17-15-8)7-13-12-14-10-4-2-3-5-11(10)16-12/h2-5,9H,6-7H2,1H3,(H,13,14)/t9-/m1/s1. The summed E-state index contributed by atoms with van der Waals surface area (Å²) in [4.78, 5) is 9.54. The predicted molar refractivity (Wildman–Crippen MR) is 65.1 cm³/mol. The number of rotatable bonds is 3. The van der Waals surface area contributed by atoms with Crippen LogP contribution in [0.5, 0.6) is 0 Å². The summed E-state index contributed by atoms with van der Waals surface area (Å²) >= 11 is 0. The van der Waals surface area contributed by atoms with Crippen molar-refractivity contribution < 1.29 is 9.25 Å². The van der Waals surface area contributed by atoms with Gasteiger partial charge in [0, 0.05) is 6.42 Å². The molecule has 0 bridgehead atoms. The van der Waals surface area contributed by atoms with E-state index < -0.39 is 0 Å². The van der Waals surface area contributed by atoms with Crippen LogP contribution in [0.25, 0.3) is 11.1 Å². The minimum atomic E-state index is 0.0741. The number of nitrogens with zero attached hydrogens (tertiary/aromatic N) is 2. The maximum absolute atomic E-state index is 5.54. The zero-order chi connectivity index (χ0) is 11.7. The van der Waals surface area contributed by atoms with Crippen molar-refractivity contribution in [3.8, 4) is 0 Å². The molecule has 1 aromatic carbocycles. The normalized spacial score (nSPS) is 19.1. The first-order valence-corrected chi connectivity index (χ1v) is 5.60. The largest absolute Gasteiger partial charge is 0.424 e. The Bertz CT molecular complexity index is 529. The van der Waals surface area contributed by atoms with Gasteiger partial charge in [0.2, 0.25) is 0 Å². The van der Waals surface area contributed by atoms with Gasteiger partial charge in [-0.3, -0.25) is 0 Å². The number of fused-ring (bicyclic) bond motifs is 1. The van der Waals surface area contributed by atoms with Crippen molar-refractivity contribution in [1.82, 2.24) is 4.98 Å². The molecule has 5 heteroatoms. The van der Waals surface area contributed by atoms with Crippen LogP contribution in [-0.4, -0.2) is 23.3 Å². The molecule has 0 fully saturated rings. The van der Waals surface area contributed by atoms with Crippen LogP contribution in [0.15, 0.2) is 33.8 Å². The van der Waals surface area contributed by atoms with E-state index >= 15 is 0 Å². The average molecular weight is 231 g/mol. The highest BCUT2D eigenvalue weighted by Crippen LogP contribution is 2.18. The molecule has 17 heavy (non-hydrogen) atoms. The monoisotopic (exact) mass is 231 g/mol. The van der Waals surface area contributed by atoms with Crippen LogP contribution in [0.3, 0.4) is 0 Å². The van der Waals surface area contributed by atoms with Crippen molar-refractivity contribution in [3.05, 3.63) is 24.3 Å². The van der Waals surface area contributed by atoms with E-state index in [0.29, 0.717) is 12.6 Å². The molecule has 1 atom stereocenters. The van der Waals surface area contributed by atoms with Gasteiger partial charge in [-0.05, 0) is 19.1 Å². The molecule has 0 saturated heterocycles. The highest BCUT2D eigenvalue weighted by molar-refractivity contribution is 5.82. The van der Waals surface area contributed by atoms with E-state index in [1.165, 1.54) is 0 Å². The molecule has 0 aliphatic carbocycles. The Balaban J connectivity index is 1.65. The van der Waals surface area contributed by atoms with E-state index in [0.717, 1.165) is 23.2 Å². The van der Waals surface area contributed by atoms with Crippen LogP contribution in [0.1, 0.15) is 13.3 Å². The lowest BCUT2D eigenvalue weighted by Crippen LogP contribution is -2.19. The maximum Gasteiger partial charge on any atom is 0.295 e. The van der Waals surface area contributed by atoms with Gasteiger partial charge >= 0.3 is 0 Å². The Hall–Kier alpha value is -2.04. The zero-order valence-corrected chi connectivity index (χ0v) is 9.51. The highest BCUT2D eigenvalue weighted by atomic mass is 16.6. The van der Waals surface area contributed by atoms with Gasteiger partial charge in [0.05, 0.1) is 12.3 Å². The second-order valence-electron chi connectivity index (χ2n) is 4.13. The molecular weight excluding hydrogens is 218 g/mol. The van der Waals surface area contributed by atoms with Crippen molar-refractivity contribution in [2.45, 2.75) is 19.4 Å². The summed E-state index contributed by atoms with van der Waals surface area (Å²) < 4.78 is 5.54. The molecule has 0 spiro atoms. The van der Waals surface area contributed by atoms with Gasteiger partial charge in [0.1, 0.15) is 11.6 Å². The van der Waals surface area contributed by atoms with Crippen molar-refractivity contribution in [2.24, 2.45) is 5.16 Å². The lowest BCUT2D eigenvalue weighted by atomic mass is 10.2. The summed E-state index contributed by atoms with van der Waals surface area (Å²) in [7, 11) is 0. The minimum absolute atomic E-state index is 0.0741. The van der Waals surface area contributed by atoms with Crippen molar-refractivity contribution in [3.63, 3.8) is 0 Å². The summed E-state index contributed by atoms with van der Waals surface area (Å²) in [6.07, 6.45) is 0.928. The van der Waals surface area contributed by atoms with Gasteiger partial charge in [-0.25, -0.2) is 0 Å². The summed E-state index contributed by atoms with van der Waals surface area (Å²) in [6.45, 7) is 2.60. The number of benzene rings is 1. The Morgan fingerprint density at radius 3 is 3.06 bits per heavy atom. The predicted octanol–water partition coefficient (Wildman–Crippen LogP) is 2.40. The molecule has 1 N–H and O–H groups in total. The third-order valence-electron chi connectivity index (χ3n) is 2.66. The number of anilines is 1. The van der Waals surface area contributed by atoms with Gasteiger partial charge in [0.15, 0.2) is 5.58 Å². The van der Waals surface area contributed by atoms with Crippen LogP contribution >= 0.6 is 0 Å². The number of oxime groups is 1. The first-order chi connectivity index (χ1) is 8.31. The molecule has 2 heterocycles. The van der Waals surface area contributed by atoms with E-state index in [-0.39, 0.29) is 6.10 Å². The molecule has 0 amide bonds. The molecule has 88 valence electrons. The maximum atomic E-state index is 5.54. The summed E-state index contributed by atoms with van der Waals surface area (Å²) in [5.74, 6) is 0. The molecule has 0 radical (unpaired) electrons. The third-order valence-corrected chi connectivity index (χ3v) is 2.66. The summed E-state index contributed by atoms with van der Waals surface area (Å²) in [5, 5.41) is 7.02. The molecule has 1 aliphatic rings. The number of hydrogen-bond donors (Lipinski definition) is 1. The smallest absolute Gasteiger partial charge is 0.295 e. The molecule has 1 aromatic heterocycles. The van der Waals surface area contributed by atoms with Crippen molar-refractivity contribution in [1.29, 1.82) is 0 Å². The van der Waals surface area contributed by atoms with E-state index in [1.807, 2.05) is 31.2 Å². The second kappa shape index (κ2) is 4.08.